The van der Waals surface area contributed by atoms with Gasteiger partial charge in [0.1, 0.15) is 0 Å². The van der Waals surface area contributed by atoms with Crippen molar-refractivity contribution in [2.45, 2.75) is 32.2 Å². The van der Waals surface area contributed by atoms with Gasteiger partial charge in [-0.2, -0.15) is 4.31 Å². The standard InChI is InChI=1S/C19H20N4O3S/c1-2-22-13-21-17-11-23(10-8-16(17)19(22)24)27(25,26)12-15-6-3-5-14-7-4-9-20-18(14)15/h3-7,9,13H,2,8,10-12H2,1H3. The van der Waals surface area contributed by atoms with Crippen LogP contribution in [0.5, 0.6) is 0 Å². The molecule has 0 N–H and O–H groups in total. The van der Waals surface area contributed by atoms with E-state index in [0.29, 0.717) is 35.3 Å². The highest BCUT2D eigenvalue weighted by Crippen LogP contribution is 2.23. The fraction of sp³-hybridized carbons (Fsp3) is 0.316. The first kappa shape index (κ1) is 17.8. The van der Waals surface area contributed by atoms with Gasteiger partial charge < -0.3 is 0 Å². The normalized spacial score (nSPS) is 15.0. The number of aromatic nitrogens is 3. The number of hydrogen-bond donors (Lipinski definition) is 0. The summed E-state index contributed by atoms with van der Waals surface area (Å²) in [6.07, 6.45) is 3.54. The molecule has 3 aromatic rings. The van der Waals surface area contributed by atoms with E-state index in [9.17, 15) is 13.2 Å². The highest BCUT2D eigenvalue weighted by Gasteiger charge is 2.29. The van der Waals surface area contributed by atoms with Crippen LogP contribution in [0, 0.1) is 0 Å². The molecule has 8 heteroatoms. The van der Waals surface area contributed by atoms with Gasteiger partial charge in [0.25, 0.3) is 5.56 Å². The van der Waals surface area contributed by atoms with Crippen molar-refractivity contribution >= 4 is 20.9 Å². The van der Waals surface area contributed by atoms with Gasteiger partial charge in [0.15, 0.2) is 0 Å². The third-order valence-electron chi connectivity index (χ3n) is 4.95. The van der Waals surface area contributed by atoms with Crippen LogP contribution < -0.4 is 5.56 Å². The van der Waals surface area contributed by atoms with Crippen LogP contribution in [-0.4, -0.2) is 33.8 Å². The van der Waals surface area contributed by atoms with Gasteiger partial charge in [0, 0.05) is 30.2 Å². The molecule has 3 heterocycles. The maximum absolute atomic E-state index is 13.0. The van der Waals surface area contributed by atoms with Crippen LogP contribution in [0.4, 0.5) is 0 Å². The molecule has 0 saturated carbocycles. The van der Waals surface area contributed by atoms with Gasteiger partial charge in [-0.15, -0.1) is 0 Å². The van der Waals surface area contributed by atoms with E-state index in [2.05, 4.69) is 9.97 Å². The van der Waals surface area contributed by atoms with E-state index in [1.807, 2.05) is 31.2 Å². The molecule has 27 heavy (non-hydrogen) atoms. The summed E-state index contributed by atoms with van der Waals surface area (Å²) >= 11 is 0. The minimum absolute atomic E-state index is 0.0715. The predicted octanol–water partition coefficient (Wildman–Crippen LogP) is 1.70. The number of pyridine rings is 1. The monoisotopic (exact) mass is 384 g/mol. The molecule has 1 aliphatic heterocycles. The summed E-state index contributed by atoms with van der Waals surface area (Å²) in [6.45, 7) is 2.86. The number of rotatable bonds is 4. The van der Waals surface area contributed by atoms with E-state index < -0.39 is 10.0 Å². The number of fused-ring (bicyclic) bond motifs is 2. The average molecular weight is 384 g/mol. The second-order valence-corrected chi connectivity index (χ2v) is 8.56. The summed E-state index contributed by atoms with van der Waals surface area (Å²) in [5.41, 5.74) is 2.48. The first-order valence-corrected chi connectivity index (χ1v) is 10.5. The average Bonchev–Trinajstić information content (AvgIpc) is 2.68. The van der Waals surface area contributed by atoms with Crippen molar-refractivity contribution in [1.29, 1.82) is 0 Å². The van der Waals surface area contributed by atoms with Crippen molar-refractivity contribution in [3.63, 3.8) is 0 Å². The summed E-state index contributed by atoms with van der Waals surface area (Å²) in [4.78, 5) is 21.0. The fourth-order valence-corrected chi connectivity index (χ4v) is 4.97. The Morgan fingerprint density at radius 1 is 1.15 bits per heavy atom. The highest BCUT2D eigenvalue weighted by molar-refractivity contribution is 7.88. The minimum Gasteiger partial charge on any atom is -0.299 e. The van der Waals surface area contributed by atoms with Gasteiger partial charge in [-0.1, -0.05) is 24.3 Å². The van der Waals surface area contributed by atoms with Crippen molar-refractivity contribution in [2.75, 3.05) is 6.54 Å². The van der Waals surface area contributed by atoms with Crippen LogP contribution in [0.2, 0.25) is 0 Å². The van der Waals surface area contributed by atoms with Crippen molar-refractivity contribution in [2.24, 2.45) is 0 Å². The number of hydrogen-bond acceptors (Lipinski definition) is 5. The topological polar surface area (TPSA) is 85.2 Å². The second kappa shape index (κ2) is 6.86. The molecular formula is C19H20N4O3S. The van der Waals surface area contributed by atoms with Crippen LogP contribution >= 0.6 is 0 Å². The molecular weight excluding hydrogens is 364 g/mol. The molecule has 0 aliphatic carbocycles. The third-order valence-corrected chi connectivity index (χ3v) is 6.72. The lowest BCUT2D eigenvalue weighted by molar-refractivity contribution is 0.380. The zero-order chi connectivity index (χ0) is 19.0. The van der Waals surface area contributed by atoms with Crippen LogP contribution in [-0.2, 0) is 35.3 Å². The number of benzene rings is 1. The molecule has 2 aromatic heterocycles. The van der Waals surface area contributed by atoms with Gasteiger partial charge in [0.05, 0.1) is 29.8 Å². The summed E-state index contributed by atoms with van der Waals surface area (Å²) in [7, 11) is -3.55. The molecule has 0 unspecified atom stereocenters. The molecule has 7 nitrogen and oxygen atoms in total. The predicted molar refractivity (Wildman–Crippen MR) is 103 cm³/mol. The summed E-state index contributed by atoms with van der Waals surface area (Å²) < 4.78 is 29.0. The van der Waals surface area contributed by atoms with Gasteiger partial charge >= 0.3 is 0 Å². The number of sulfonamides is 1. The molecule has 0 radical (unpaired) electrons. The van der Waals surface area contributed by atoms with Crippen molar-refractivity contribution in [3.8, 4) is 0 Å². The molecule has 0 fully saturated rings. The molecule has 1 aromatic carbocycles. The summed E-state index contributed by atoms with van der Waals surface area (Å²) in [6, 6.07) is 9.30. The Morgan fingerprint density at radius 2 is 1.96 bits per heavy atom. The Balaban J connectivity index is 1.63. The minimum atomic E-state index is -3.55. The van der Waals surface area contributed by atoms with Crippen LogP contribution in [0.1, 0.15) is 23.7 Å². The van der Waals surface area contributed by atoms with E-state index >= 15 is 0 Å². The highest BCUT2D eigenvalue weighted by atomic mass is 32.2. The zero-order valence-electron chi connectivity index (χ0n) is 15.0. The van der Waals surface area contributed by atoms with E-state index in [-0.39, 0.29) is 24.4 Å². The molecule has 0 amide bonds. The largest absolute Gasteiger partial charge is 0.299 e. The molecule has 140 valence electrons. The van der Waals surface area contributed by atoms with Crippen LogP contribution in [0.15, 0.2) is 47.7 Å². The van der Waals surface area contributed by atoms with Gasteiger partial charge in [-0.3, -0.25) is 14.3 Å². The number of aryl methyl sites for hydroxylation is 1. The zero-order valence-corrected chi connectivity index (χ0v) is 15.8. The molecule has 0 atom stereocenters. The van der Waals surface area contributed by atoms with E-state index in [0.717, 1.165) is 5.39 Å². The van der Waals surface area contributed by atoms with Gasteiger partial charge in [-0.25, -0.2) is 13.4 Å². The molecule has 0 bridgehead atoms. The lowest BCUT2D eigenvalue weighted by Gasteiger charge is -2.27. The Bertz CT molecular complexity index is 1170. The van der Waals surface area contributed by atoms with Crippen molar-refractivity contribution in [1.82, 2.24) is 18.8 Å². The smallest absolute Gasteiger partial charge is 0.256 e. The van der Waals surface area contributed by atoms with E-state index in [1.54, 1.807) is 16.8 Å². The Kier molecular flexibility index (Phi) is 4.53. The molecule has 0 saturated heterocycles. The maximum Gasteiger partial charge on any atom is 0.256 e. The Morgan fingerprint density at radius 3 is 2.78 bits per heavy atom. The van der Waals surface area contributed by atoms with Crippen molar-refractivity contribution in [3.05, 3.63) is 70.0 Å². The maximum atomic E-state index is 13.0. The molecule has 1 aliphatic rings. The van der Waals surface area contributed by atoms with Crippen molar-refractivity contribution < 1.29 is 8.42 Å². The lowest BCUT2D eigenvalue weighted by Crippen LogP contribution is -2.40. The second-order valence-electron chi connectivity index (χ2n) is 6.59. The molecule has 4 rings (SSSR count). The van der Waals surface area contributed by atoms with Gasteiger partial charge in [-0.05, 0) is 25.0 Å². The van der Waals surface area contributed by atoms with E-state index in [1.165, 1.54) is 10.6 Å². The number of para-hydroxylation sites is 1. The summed E-state index contributed by atoms with van der Waals surface area (Å²) in [5, 5.41) is 0.913. The first-order valence-electron chi connectivity index (χ1n) is 8.87. The molecule has 0 spiro atoms. The number of nitrogens with zero attached hydrogens (tertiary/aromatic N) is 4. The first-order chi connectivity index (χ1) is 13.0. The Labute approximate surface area is 157 Å². The quantitative estimate of drug-likeness (QED) is 0.683. The van der Waals surface area contributed by atoms with Crippen LogP contribution in [0.25, 0.3) is 10.9 Å². The van der Waals surface area contributed by atoms with E-state index in [4.69, 9.17) is 0 Å². The SMILES string of the molecule is CCn1cnc2c(c1=O)CCN(S(=O)(=O)Cc1cccc3cccnc13)C2. The Hall–Kier alpha value is -2.58. The fourth-order valence-electron chi connectivity index (χ4n) is 3.47. The van der Waals surface area contributed by atoms with Crippen LogP contribution in [0.3, 0.4) is 0 Å². The third kappa shape index (κ3) is 3.26. The van der Waals surface area contributed by atoms with Gasteiger partial charge in [0.2, 0.25) is 10.0 Å². The summed E-state index contributed by atoms with van der Waals surface area (Å²) in [5.74, 6) is -0.122. The lowest BCUT2D eigenvalue weighted by atomic mass is 10.1.